The molecule has 1 aliphatic heterocycles. The molecule has 1 heterocycles. The zero-order chi connectivity index (χ0) is 13.0. The number of likely N-dealkylation sites (tertiary alicyclic amines) is 1. The molecule has 0 aromatic heterocycles. The average molecular weight is 243 g/mol. The lowest BCUT2D eigenvalue weighted by Gasteiger charge is -2.32. The summed E-state index contributed by atoms with van der Waals surface area (Å²) in [6, 6.07) is 8.59. The van der Waals surface area contributed by atoms with E-state index in [9.17, 15) is 4.79 Å². The molecule has 0 N–H and O–H groups in total. The molecular weight excluding hydrogens is 222 g/mol. The highest BCUT2D eigenvalue weighted by atomic mass is 16.2. The lowest BCUT2D eigenvalue weighted by atomic mass is 10.0. The second-order valence-corrected chi connectivity index (χ2v) is 5.12. The molecule has 18 heavy (non-hydrogen) atoms. The summed E-state index contributed by atoms with van der Waals surface area (Å²) in [5, 5.41) is 0. The smallest absolute Gasteiger partial charge is 0.246 e. The van der Waals surface area contributed by atoms with E-state index in [2.05, 4.69) is 26.0 Å². The summed E-state index contributed by atoms with van der Waals surface area (Å²) < 4.78 is 0. The summed E-state index contributed by atoms with van der Waals surface area (Å²) >= 11 is 0. The fourth-order valence-electron chi connectivity index (χ4n) is 2.37. The highest BCUT2D eigenvalue weighted by molar-refractivity contribution is 5.92. The highest BCUT2D eigenvalue weighted by Crippen LogP contribution is 2.17. The van der Waals surface area contributed by atoms with E-state index in [4.69, 9.17) is 0 Å². The lowest BCUT2D eigenvalue weighted by molar-refractivity contribution is -0.129. The van der Waals surface area contributed by atoms with Crippen LogP contribution in [0.1, 0.15) is 37.3 Å². The van der Waals surface area contributed by atoms with Crippen LogP contribution in [0.3, 0.4) is 0 Å². The van der Waals surface area contributed by atoms with Gasteiger partial charge < -0.3 is 4.90 Å². The van der Waals surface area contributed by atoms with Crippen molar-refractivity contribution in [3.63, 3.8) is 0 Å². The van der Waals surface area contributed by atoms with Gasteiger partial charge in [0.1, 0.15) is 0 Å². The van der Waals surface area contributed by atoms with Crippen molar-refractivity contribution in [2.24, 2.45) is 0 Å². The van der Waals surface area contributed by atoms with E-state index in [0.29, 0.717) is 6.04 Å². The van der Waals surface area contributed by atoms with Crippen LogP contribution in [-0.2, 0) is 4.79 Å². The first-order valence-electron chi connectivity index (χ1n) is 6.72. The van der Waals surface area contributed by atoms with Crippen LogP contribution >= 0.6 is 0 Å². The quantitative estimate of drug-likeness (QED) is 0.729. The summed E-state index contributed by atoms with van der Waals surface area (Å²) in [5.74, 6) is 0.141. The van der Waals surface area contributed by atoms with Crippen molar-refractivity contribution in [3.05, 3.63) is 41.5 Å². The maximum atomic E-state index is 12.1. The Kier molecular flexibility index (Phi) is 4.19. The molecule has 1 unspecified atom stereocenters. The Morgan fingerprint density at radius 2 is 2.00 bits per heavy atom. The number of aryl methyl sites for hydroxylation is 1. The monoisotopic (exact) mass is 243 g/mol. The molecule has 1 aromatic carbocycles. The minimum Gasteiger partial charge on any atom is -0.336 e. The normalized spacial score (nSPS) is 20.3. The van der Waals surface area contributed by atoms with Gasteiger partial charge in [0.25, 0.3) is 0 Å². The first-order chi connectivity index (χ1) is 8.66. The zero-order valence-electron chi connectivity index (χ0n) is 11.2. The maximum Gasteiger partial charge on any atom is 0.246 e. The van der Waals surface area contributed by atoms with Crippen LogP contribution in [0.15, 0.2) is 30.3 Å². The van der Waals surface area contributed by atoms with Gasteiger partial charge in [-0.2, -0.15) is 0 Å². The van der Waals surface area contributed by atoms with Crippen molar-refractivity contribution in [1.82, 2.24) is 4.90 Å². The van der Waals surface area contributed by atoms with Gasteiger partial charge >= 0.3 is 0 Å². The van der Waals surface area contributed by atoms with E-state index < -0.39 is 0 Å². The molecule has 2 heteroatoms. The summed E-state index contributed by atoms with van der Waals surface area (Å²) in [7, 11) is 0. The van der Waals surface area contributed by atoms with Crippen LogP contribution in [0.2, 0.25) is 0 Å². The number of benzene rings is 1. The third kappa shape index (κ3) is 3.22. The third-order valence-electron chi connectivity index (χ3n) is 3.58. The number of carbonyl (C=O) groups is 1. The van der Waals surface area contributed by atoms with E-state index in [1.54, 1.807) is 6.08 Å². The van der Waals surface area contributed by atoms with Crippen LogP contribution in [0.5, 0.6) is 0 Å². The van der Waals surface area contributed by atoms with Crippen molar-refractivity contribution in [1.29, 1.82) is 0 Å². The maximum absolute atomic E-state index is 12.1. The second-order valence-electron chi connectivity index (χ2n) is 5.12. The molecule has 1 saturated heterocycles. The molecule has 0 saturated carbocycles. The molecule has 96 valence electrons. The Balaban J connectivity index is 1.99. The predicted molar refractivity (Wildman–Crippen MR) is 75.2 cm³/mol. The van der Waals surface area contributed by atoms with Gasteiger partial charge in [0.05, 0.1) is 0 Å². The van der Waals surface area contributed by atoms with Crippen molar-refractivity contribution >= 4 is 12.0 Å². The van der Waals surface area contributed by atoms with E-state index in [-0.39, 0.29) is 5.91 Å². The Morgan fingerprint density at radius 3 is 2.67 bits per heavy atom. The molecule has 0 radical (unpaired) electrons. The number of hydrogen-bond donors (Lipinski definition) is 0. The Labute approximate surface area is 109 Å². The number of hydrogen-bond acceptors (Lipinski definition) is 1. The minimum atomic E-state index is 0.141. The van der Waals surface area contributed by atoms with Crippen LogP contribution < -0.4 is 0 Å². The Morgan fingerprint density at radius 1 is 1.28 bits per heavy atom. The molecule has 0 aliphatic carbocycles. The molecule has 0 bridgehead atoms. The fraction of sp³-hybridized carbons (Fsp3) is 0.438. The predicted octanol–water partition coefficient (Wildman–Crippen LogP) is 3.41. The number of nitrogens with zero attached hydrogens (tertiary/aromatic N) is 1. The van der Waals surface area contributed by atoms with Crippen LogP contribution in [-0.4, -0.2) is 23.4 Å². The van der Waals surface area contributed by atoms with Gasteiger partial charge in [0, 0.05) is 18.7 Å². The van der Waals surface area contributed by atoms with Gasteiger partial charge in [-0.25, -0.2) is 0 Å². The Bertz CT molecular complexity index is 433. The summed E-state index contributed by atoms with van der Waals surface area (Å²) in [6.07, 6.45) is 7.11. The van der Waals surface area contributed by atoms with Crippen molar-refractivity contribution in [2.75, 3.05) is 6.54 Å². The van der Waals surface area contributed by atoms with Gasteiger partial charge in [-0.15, -0.1) is 0 Å². The lowest BCUT2D eigenvalue weighted by Crippen LogP contribution is -2.41. The highest BCUT2D eigenvalue weighted by Gasteiger charge is 2.20. The molecule has 1 aliphatic rings. The molecular formula is C16H21NO. The zero-order valence-corrected chi connectivity index (χ0v) is 11.2. The van der Waals surface area contributed by atoms with Gasteiger partial charge in [0.15, 0.2) is 0 Å². The van der Waals surface area contributed by atoms with E-state index in [1.807, 2.05) is 23.1 Å². The van der Waals surface area contributed by atoms with Gasteiger partial charge in [-0.1, -0.05) is 29.8 Å². The summed E-state index contributed by atoms with van der Waals surface area (Å²) in [4.78, 5) is 14.1. The molecule has 2 rings (SSSR count). The number of amides is 1. The number of rotatable bonds is 2. The molecule has 0 spiro atoms. The largest absolute Gasteiger partial charge is 0.336 e. The topological polar surface area (TPSA) is 20.3 Å². The van der Waals surface area contributed by atoms with Gasteiger partial charge in [0.2, 0.25) is 5.91 Å². The van der Waals surface area contributed by atoms with Crippen LogP contribution in [0, 0.1) is 6.92 Å². The molecule has 1 amide bonds. The molecule has 1 fully saturated rings. The fourth-order valence-corrected chi connectivity index (χ4v) is 2.37. The van der Waals surface area contributed by atoms with E-state index in [0.717, 1.165) is 24.9 Å². The third-order valence-corrected chi connectivity index (χ3v) is 3.58. The molecule has 1 aromatic rings. The SMILES string of the molecule is Cc1ccc(/C=C/C(=O)N2CCCCC2C)cc1. The first-order valence-corrected chi connectivity index (χ1v) is 6.72. The van der Waals surface area contributed by atoms with Gasteiger partial charge in [-0.05, 0) is 44.7 Å². The second kappa shape index (κ2) is 5.85. The Hall–Kier alpha value is -1.57. The number of piperidine rings is 1. The van der Waals surface area contributed by atoms with Crippen molar-refractivity contribution in [2.45, 2.75) is 39.2 Å². The van der Waals surface area contributed by atoms with Crippen LogP contribution in [0.25, 0.3) is 6.08 Å². The number of carbonyl (C=O) groups excluding carboxylic acids is 1. The summed E-state index contributed by atoms with van der Waals surface area (Å²) in [6.45, 7) is 5.10. The first kappa shape index (κ1) is 12.9. The average Bonchev–Trinajstić information content (AvgIpc) is 2.38. The van der Waals surface area contributed by atoms with E-state index >= 15 is 0 Å². The molecule has 2 nitrogen and oxygen atoms in total. The standard InChI is InChI=1S/C16H21NO/c1-13-6-8-15(9-7-13)10-11-16(18)17-12-4-3-5-14(17)2/h6-11,14H,3-5,12H2,1-2H3/b11-10+. The van der Waals surface area contributed by atoms with Gasteiger partial charge in [-0.3, -0.25) is 4.79 Å². The van der Waals surface area contributed by atoms with Crippen molar-refractivity contribution in [3.8, 4) is 0 Å². The molecule has 1 atom stereocenters. The van der Waals surface area contributed by atoms with Crippen molar-refractivity contribution < 1.29 is 4.79 Å². The minimum absolute atomic E-state index is 0.141. The van der Waals surface area contributed by atoms with E-state index in [1.165, 1.54) is 12.0 Å². The summed E-state index contributed by atoms with van der Waals surface area (Å²) in [5.41, 5.74) is 2.32. The van der Waals surface area contributed by atoms with Crippen LogP contribution in [0.4, 0.5) is 0 Å².